The van der Waals surface area contributed by atoms with Crippen molar-refractivity contribution in [3.05, 3.63) is 9.84 Å². The molecule has 1 saturated heterocycles. The molecule has 0 N–H and O–H groups in total. The zero-order chi connectivity index (χ0) is 7.56. The van der Waals surface area contributed by atoms with E-state index in [1.807, 2.05) is 11.0 Å². The molecule has 2 nitrogen and oxygen atoms in total. The zero-order valence-corrected chi connectivity index (χ0v) is 7.92. The fourth-order valence-electron chi connectivity index (χ4n) is 0.958. The minimum absolute atomic E-state index is 0.0644. The van der Waals surface area contributed by atoms with Gasteiger partial charge in [0.15, 0.2) is 0 Å². The van der Waals surface area contributed by atoms with Crippen LogP contribution in [-0.4, -0.2) is 5.97 Å². The van der Waals surface area contributed by atoms with E-state index in [1.165, 1.54) is 0 Å². The second kappa shape index (κ2) is 3.37. The molecule has 0 aromatic rings. The normalized spacial score (nSPS) is 29.2. The average molecular weight is 252 g/mol. The number of hydrogen-bond acceptors (Lipinski definition) is 2. The molecule has 0 aromatic heterocycles. The van der Waals surface area contributed by atoms with Gasteiger partial charge in [-0.25, -0.2) is 0 Å². The van der Waals surface area contributed by atoms with Gasteiger partial charge < -0.3 is 4.74 Å². The highest BCUT2D eigenvalue weighted by Crippen LogP contribution is 2.27. The lowest BCUT2D eigenvalue weighted by molar-refractivity contribution is -0.139. The van der Waals surface area contributed by atoms with Crippen LogP contribution in [0.4, 0.5) is 0 Å². The van der Waals surface area contributed by atoms with Crippen molar-refractivity contribution in [3.63, 3.8) is 0 Å². The Balaban J connectivity index is 2.61. The summed E-state index contributed by atoms with van der Waals surface area (Å²) in [5, 5.41) is 0. The summed E-state index contributed by atoms with van der Waals surface area (Å²) in [6.45, 7) is 2.00. The van der Waals surface area contributed by atoms with Gasteiger partial charge in [0.2, 0.25) is 0 Å². The lowest BCUT2D eigenvalue weighted by Gasteiger charge is -1.94. The molecule has 0 spiro atoms. The maximum absolute atomic E-state index is 10.9. The maximum Gasteiger partial charge on any atom is 0.314 e. The molecule has 10 heavy (non-hydrogen) atoms. The first-order valence-corrected chi connectivity index (χ1v) is 4.53. The highest BCUT2D eigenvalue weighted by atomic mass is 127. The van der Waals surface area contributed by atoms with Crippen LogP contribution in [-0.2, 0) is 9.53 Å². The van der Waals surface area contributed by atoms with Crippen LogP contribution in [0.1, 0.15) is 19.8 Å². The molecular weight excluding hydrogens is 243 g/mol. The minimum Gasteiger partial charge on any atom is -0.430 e. The molecule has 0 bridgehead atoms. The van der Waals surface area contributed by atoms with Crippen molar-refractivity contribution in [1.82, 2.24) is 0 Å². The lowest BCUT2D eigenvalue weighted by Crippen LogP contribution is -2.04. The van der Waals surface area contributed by atoms with Gasteiger partial charge in [-0.2, -0.15) is 0 Å². The quantitative estimate of drug-likeness (QED) is 0.528. The van der Waals surface area contributed by atoms with Crippen LogP contribution < -0.4 is 0 Å². The van der Waals surface area contributed by atoms with Crippen molar-refractivity contribution in [3.8, 4) is 0 Å². The van der Waals surface area contributed by atoms with Crippen molar-refractivity contribution in [2.24, 2.45) is 5.92 Å². The second-order valence-corrected chi connectivity index (χ2v) is 2.93. The van der Waals surface area contributed by atoms with Gasteiger partial charge in [0, 0.05) is 10.5 Å². The van der Waals surface area contributed by atoms with Gasteiger partial charge in [-0.15, -0.1) is 0 Å². The number of carbonyl (C=O) groups excluding carboxylic acids is 1. The number of rotatable bonds is 1. The molecule has 0 amide bonds. The van der Waals surface area contributed by atoms with Gasteiger partial charge in [0.1, 0.15) is 5.76 Å². The predicted octanol–water partition coefficient (Wildman–Crippen LogP) is 2.24. The summed E-state index contributed by atoms with van der Waals surface area (Å²) >= 11 is 2.09. The summed E-state index contributed by atoms with van der Waals surface area (Å²) in [6, 6.07) is 0. The van der Waals surface area contributed by atoms with E-state index in [2.05, 4.69) is 22.6 Å². The maximum atomic E-state index is 10.9. The van der Waals surface area contributed by atoms with Gasteiger partial charge in [0.05, 0.1) is 5.92 Å². The number of hydrogen-bond donors (Lipinski definition) is 0. The first-order chi connectivity index (χ1) is 4.77. The third-order valence-corrected chi connectivity index (χ3v) is 2.32. The molecule has 1 heterocycles. The number of halogens is 1. The van der Waals surface area contributed by atoms with Crippen molar-refractivity contribution < 1.29 is 9.53 Å². The van der Waals surface area contributed by atoms with Crippen molar-refractivity contribution in [1.29, 1.82) is 0 Å². The summed E-state index contributed by atoms with van der Waals surface area (Å²) < 4.78 is 6.75. The topological polar surface area (TPSA) is 26.3 Å². The van der Waals surface area contributed by atoms with Gasteiger partial charge in [0.25, 0.3) is 0 Å². The average Bonchev–Trinajstić information content (AvgIpc) is 2.30. The molecule has 1 unspecified atom stereocenters. The SMILES string of the molecule is CCC1C/C(=C\I)OC1=O. The molecule has 0 radical (unpaired) electrons. The third kappa shape index (κ3) is 1.51. The minimum atomic E-state index is -0.0644. The van der Waals surface area contributed by atoms with E-state index in [0.717, 1.165) is 18.6 Å². The molecule has 0 aromatic carbocycles. The molecular formula is C7H9IO2. The van der Waals surface area contributed by atoms with Crippen LogP contribution in [0, 0.1) is 5.92 Å². The van der Waals surface area contributed by atoms with Crippen LogP contribution >= 0.6 is 22.6 Å². The number of ether oxygens (including phenoxy) is 1. The molecule has 1 aliphatic heterocycles. The lowest BCUT2D eigenvalue weighted by atomic mass is 10.1. The molecule has 1 aliphatic rings. The van der Waals surface area contributed by atoms with Crippen molar-refractivity contribution >= 4 is 28.6 Å². The van der Waals surface area contributed by atoms with E-state index in [1.54, 1.807) is 0 Å². The molecule has 3 heteroatoms. The summed E-state index contributed by atoms with van der Waals surface area (Å²) in [5.41, 5.74) is 0. The Kier molecular flexibility index (Phi) is 2.71. The molecule has 56 valence electrons. The second-order valence-electron chi connectivity index (χ2n) is 2.31. The largest absolute Gasteiger partial charge is 0.430 e. The molecule has 1 atom stereocenters. The highest BCUT2D eigenvalue weighted by molar-refractivity contribution is 14.1. The van der Waals surface area contributed by atoms with Crippen LogP contribution in [0.5, 0.6) is 0 Å². The van der Waals surface area contributed by atoms with Gasteiger partial charge in [-0.05, 0) is 29.0 Å². The van der Waals surface area contributed by atoms with Crippen LogP contribution in [0.3, 0.4) is 0 Å². The monoisotopic (exact) mass is 252 g/mol. The van der Waals surface area contributed by atoms with E-state index in [4.69, 9.17) is 4.74 Å². The molecule has 1 fully saturated rings. The number of allylic oxidation sites excluding steroid dienone is 1. The Hall–Kier alpha value is -0.0600. The summed E-state index contributed by atoms with van der Waals surface area (Å²) in [5.74, 6) is 0.865. The Morgan fingerprint density at radius 1 is 1.90 bits per heavy atom. The Labute approximate surface area is 73.8 Å². The Morgan fingerprint density at radius 3 is 2.90 bits per heavy atom. The number of esters is 1. The molecule has 0 aliphatic carbocycles. The van der Waals surface area contributed by atoms with Gasteiger partial charge >= 0.3 is 5.97 Å². The fraction of sp³-hybridized carbons (Fsp3) is 0.571. The number of cyclic esters (lactones) is 1. The summed E-state index contributed by atoms with van der Waals surface area (Å²) in [4.78, 5) is 10.9. The first kappa shape index (κ1) is 8.04. The first-order valence-electron chi connectivity index (χ1n) is 3.29. The zero-order valence-electron chi connectivity index (χ0n) is 5.76. The predicted molar refractivity (Wildman–Crippen MR) is 46.6 cm³/mol. The Bertz CT molecular complexity index is 174. The van der Waals surface area contributed by atoms with E-state index in [9.17, 15) is 4.79 Å². The summed E-state index contributed by atoms with van der Waals surface area (Å²) in [6.07, 6.45) is 1.67. The van der Waals surface area contributed by atoms with E-state index in [-0.39, 0.29) is 11.9 Å². The molecule has 0 saturated carbocycles. The van der Waals surface area contributed by atoms with Crippen molar-refractivity contribution in [2.45, 2.75) is 19.8 Å². The van der Waals surface area contributed by atoms with Crippen molar-refractivity contribution in [2.75, 3.05) is 0 Å². The Morgan fingerprint density at radius 2 is 2.60 bits per heavy atom. The van der Waals surface area contributed by atoms with E-state index in [0.29, 0.717) is 0 Å². The van der Waals surface area contributed by atoms with E-state index >= 15 is 0 Å². The number of carbonyl (C=O) groups is 1. The summed E-state index contributed by atoms with van der Waals surface area (Å²) in [7, 11) is 0. The van der Waals surface area contributed by atoms with Crippen LogP contribution in [0.15, 0.2) is 9.84 Å². The van der Waals surface area contributed by atoms with E-state index < -0.39 is 0 Å². The van der Waals surface area contributed by atoms with Gasteiger partial charge in [-0.1, -0.05) is 6.92 Å². The highest BCUT2D eigenvalue weighted by Gasteiger charge is 2.28. The van der Waals surface area contributed by atoms with Crippen LogP contribution in [0.2, 0.25) is 0 Å². The van der Waals surface area contributed by atoms with Gasteiger partial charge in [-0.3, -0.25) is 4.79 Å². The standard InChI is InChI=1S/C7H9IO2/c1-2-5-3-6(4-8)10-7(5)9/h4-5H,2-3H2,1H3/b6-4+. The molecule has 1 rings (SSSR count). The third-order valence-electron chi connectivity index (χ3n) is 1.63. The van der Waals surface area contributed by atoms with Crippen LogP contribution in [0.25, 0.3) is 0 Å². The smallest absolute Gasteiger partial charge is 0.314 e. The fourth-order valence-corrected chi connectivity index (χ4v) is 1.34.